The van der Waals surface area contributed by atoms with Crippen LogP contribution in [0.3, 0.4) is 0 Å². The van der Waals surface area contributed by atoms with Gasteiger partial charge in [0.15, 0.2) is 0 Å². The Morgan fingerprint density at radius 1 is 1.13 bits per heavy atom. The molecule has 124 valence electrons. The normalized spacial score (nSPS) is 22.5. The number of hydrogen-bond acceptors (Lipinski definition) is 3. The van der Waals surface area contributed by atoms with Crippen LogP contribution in [0.25, 0.3) is 0 Å². The van der Waals surface area contributed by atoms with Crippen molar-refractivity contribution < 1.29 is 9.59 Å². The van der Waals surface area contributed by atoms with Crippen LogP contribution in [-0.4, -0.2) is 67.0 Å². The quantitative estimate of drug-likeness (QED) is 0.910. The van der Waals surface area contributed by atoms with Crippen molar-refractivity contribution in [1.29, 1.82) is 0 Å². The summed E-state index contributed by atoms with van der Waals surface area (Å²) in [7, 11) is 0. The number of para-hydroxylation sites is 1. The minimum absolute atomic E-state index is 0.0169. The summed E-state index contributed by atoms with van der Waals surface area (Å²) in [4.78, 5) is 30.8. The van der Waals surface area contributed by atoms with Crippen molar-refractivity contribution in [2.24, 2.45) is 0 Å². The van der Waals surface area contributed by atoms with Crippen LogP contribution in [0.4, 0.5) is 10.5 Å². The molecular weight excluding hydrogens is 292 g/mol. The van der Waals surface area contributed by atoms with Crippen LogP contribution in [0, 0.1) is 0 Å². The SMILES string of the molecule is CCN1CCN(C(=O)NC2CCN(c3ccccc3)C2=O)CC1. The summed E-state index contributed by atoms with van der Waals surface area (Å²) in [5.74, 6) is -0.0169. The third kappa shape index (κ3) is 3.47. The summed E-state index contributed by atoms with van der Waals surface area (Å²) in [6, 6.07) is 9.09. The number of benzene rings is 1. The Bertz CT molecular complexity index is 555. The molecule has 3 rings (SSSR count). The van der Waals surface area contributed by atoms with Crippen molar-refractivity contribution in [3.63, 3.8) is 0 Å². The van der Waals surface area contributed by atoms with Crippen LogP contribution in [-0.2, 0) is 4.79 Å². The highest BCUT2D eigenvalue weighted by molar-refractivity contribution is 6.01. The van der Waals surface area contributed by atoms with Crippen LogP contribution in [0.5, 0.6) is 0 Å². The van der Waals surface area contributed by atoms with Crippen molar-refractivity contribution in [1.82, 2.24) is 15.1 Å². The number of piperazine rings is 1. The molecule has 2 heterocycles. The van der Waals surface area contributed by atoms with E-state index in [-0.39, 0.29) is 11.9 Å². The summed E-state index contributed by atoms with van der Waals surface area (Å²) >= 11 is 0. The molecule has 1 aromatic rings. The fraction of sp³-hybridized carbons (Fsp3) is 0.529. The second kappa shape index (κ2) is 7.00. The predicted octanol–water partition coefficient (Wildman–Crippen LogP) is 1.14. The van der Waals surface area contributed by atoms with E-state index >= 15 is 0 Å². The molecule has 2 fully saturated rings. The van der Waals surface area contributed by atoms with E-state index in [4.69, 9.17) is 0 Å². The Morgan fingerprint density at radius 2 is 1.83 bits per heavy atom. The average molecular weight is 316 g/mol. The predicted molar refractivity (Wildman–Crippen MR) is 89.4 cm³/mol. The molecule has 0 saturated carbocycles. The van der Waals surface area contributed by atoms with Crippen molar-refractivity contribution >= 4 is 17.6 Å². The Balaban J connectivity index is 1.55. The van der Waals surface area contributed by atoms with Gasteiger partial charge in [-0.15, -0.1) is 0 Å². The van der Waals surface area contributed by atoms with Crippen molar-refractivity contribution in [2.75, 3.05) is 44.2 Å². The highest BCUT2D eigenvalue weighted by atomic mass is 16.2. The Kier molecular flexibility index (Phi) is 4.81. The van der Waals surface area contributed by atoms with E-state index in [0.717, 1.165) is 38.4 Å². The number of urea groups is 1. The number of likely N-dealkylation sites (N-methyl/N-ethyl adjacent to an activating group) is 1. The van der Waals surface area contributed by atoms with E-state index in [2.05, 4.69) is 17.1 Å². The second-order valence-electron chi connectivity index (χ2n) is 6.04. The first kappa shape index (κ1) is 15.8. The van der Waals surface area contributed by atoms with E-state index in [1.165, 1.54) is 0 Å². The Morgan fingerprint density at radius 3 is 2.48 bits per heavy atom. The first-order valence-electron chi connectivity index (χ1n) is 8.33. The van der Waals surface area contributed by atoms with Gasteiger partial charge >= 0.3 is 6.03 Å². The lowest BCUT2D eigenvalue weighted by Crippen LogP contribution is -2.54. The number of anilines is 1. The number of carbonyl (C=O) groups excluding carboxylic acids is 2. The fourth-order valence-corrected chi connectivity index (χ4v) is 3.19. The third-order valence-electron chi connectivity index (χ3n) is 4.68. The second-order valence-corrected chi connectivity index (χ2v) is 6.04. The van der Waals surface area contributed by atoms with Gasteiger partial charge in [0.2, 0.25) is 5.91 Å². The summed E-state index contributed by atoms with van der Waals surface area (Å²) in [6.07, 6.45) is 0.661. The molecule has 1 atom stereocenters. The minimum Gasteiger partial charge on any atom is -0.326 e. The van der Waals surface area contributed by atoms with Gasteiger partial charge in [-0.2, -0.15) is 0 Å². The van der Waals surface area contributed by atoms with Gasteiger partial charge in [-0.05, 0) is 25.1 Å². The van der Waals surface area contributed by atoms with Crippen molar-refractivity contribution in [2.45, 2.75) is 19.4 Å². The molecule has 1 N–H and O–H groups in total. The number of hydrogen-bond donors (Lipinski definition) is 1. The summed E-state index contributed by atoms with van der Waals surface area (Å²) in [5.41, 5.74) is 0.894. The topological polar surface area (TPSA) is 55.9 Å². The van der Waals surface area contributed by atoms with Gasteiger partial charge in [-0.25, -0.2) is 4.79 Å². The van der Waals surface area contributed by atoms with Gasteiger partial charge in [-0.3, -0.25) is 4.79 Å². The molecule has 2 aliphatic rings. The van der Waals surface area contributed by atoms with Crippen LogP contribution in [0.2, 0.25) is 0 Å². The molecular formula is C17H24N4O2. The smallest absolute Gasteiger partial charge is 0.318 e. The highest BCUT2D eigenvalue weighted by Crippen LogP contribution is 2.21. The lowest BCUT2D eigenvalue weighted by molar-refractivity contribution is -0.118. The van der Waals surface area contributed by atoms with Crippen LogP contribution >= 0.6 is 0 Å². The number of carbonyl (C=O) groups is 2. The van der Waals surface area contributed by atoms with E-state index < -0.39 is 6.04 Å². The highest BCUT2D eigenvalue weighted by Gasteiger charge is 2.34. The molecule has 0 aromatic heterocycles. The zero-order valence-corrected chi connectivity index (χ0v) is 13.6. The van der Waals surface area contributed by atoms with Gasteiger partial charge in [0, 0.05) is 38.4 Å². The van der Waals surface area contributed by atoms with Crippen LogP contribution in [0.15, 0.2) is 30.3 Å². The van der Waals surface area contributed by atoms with Gasteiger partial charge in [-0.1, -0.05) is 25.1 Å². The average Bonchev–Trinajstić information content (AvgIpc) is 2.96. The minimum atomic E-state index is -0.410. The number of nitrogens with zero attached hydrogens (tertiary/aromatic N) is 3. The van der Waals surface area contributed by atoms with E-state index in [1.807, 2.05) is 35.2 Å². The molecule has 23 heavy (non-hydrogen) atoms. The lowest BCUT2D eigenvalue weighted by atomic mass is 10.2. The van der Waals surface area contributed by atoms with Gasteiger partial charge in [0.25, 0.3) is 0 Å². The maximum Gasteiger partial charge on any atom is 0.318 e. The molecule has 1 aromatic carbocycles. The van der Waals surface area contributed by atoms with Crippen molar-refractivity contribution in [3.05, 3.63) is 30.3 Å². The monoisotopic (exact) mass is 316 g/mol. The molecule has 0 spiro atoms. The Hall–Kier alpha value is -2.08. The standard InChI is InChI=1S/C17H24N4O2/c1-2-19-10-12-20(13-11-19)17(23)18-15-8-9-21(16(15)22)14-6-4-3-5-7-14/h3-7,15H,2,8-13H2,1H3,(H,18,23). The molecule has 3 amide bonds. The fourth-order valence-electron chi connectivity index (χ4n) is 3.19. The van der Waals surface area contributed by atoms with Crippen LogP contribution < -0.4 is 10.2 Å². The molecule has 6 heteroatoms. The molecule has 6 nitrogen and oxygen atoms in total. The zero-order chi connectivity index (χ0) is 16.2. The van der Waals surface area contributed by atoms with Gasteiger partial charge < -0.3 is 20.0 Å². The number of nitrogens with one attached hydrogen (secondary N) is 1. The molecule has 0 aliphatic carbocycles. The lowest BCUT2D eigenvalue weighted by Gasteiger charge is -2.34. The maximum atomic E-state index is 12.5. The Labute approximate surface area is 137 Å². The zero-order valence-electron chi connectivity index (χ0n) is 13.6. The summed E-state index contributed by atoms with van der Waals surface area (Å²) in [5, 5.41) is 2.91. The van der Waals surface area contributed by atoms with Crippen molar-refractivity contribution in [3.8, 4) is 0 Å². The molecule has 2 saturated heterocycles. The van der Waals surface area contributed by atoms with E-state index in [0.29, 0.717) is 13.0 Å². The molecule has 0 bridgehead atoms. The maximum absolute atomic E-state index is 12.5. The summed E-state index contributed by atoms with van der Waals surface area (Å²) in [6.45, 7) is 7.05. The van der Waals surface area contributed by atoms with Gasteiger partial charge in [0.05, 0.1) is 0 Å². The number of rotatable bonds is 3. The third-order valence-corrected chi connectivity index (χ3v) is 4.68. The largest absolute Gasteiger partial charge is 0.326 e. The first-order chi connectivity index (χ1) is 11.2. The molecule has 2 aliphatic heterocycles. The first-order valence-corrected chi connectivity index (χ1v) is 8.33. The number of amides is 3. The van der Waals surface area contributed by atoms with E-state index in [9.17, 15) is 9.59 Å². The van der Waals surface area contributed by atoms with Crippen LogP contribution in [0.1, 0.15) is 13.3 Å². The van der Waals surface area contributed by atoms with E-state index in [1.54, 1.807) is 4.90 Å². The molecule has 1 unspecified atom stereocenters. The van der Waals surface area contributed by atoms with Gasteiger partial charge in [0.1, 0.15) is 6.04 Å². The summed E-state index contributed by atoms with van der Waals surface area (Å²) < 4.78 is 0. The molecule has 0 radical (unpaired) electrons.